The van der Waals surface area contributed by atoms with Gasteiger partial charge in [0.25, 0.3) is 5.91 Å². The molecule has 5 rings (SSSR count). The second-order valence-corrected chi connectivity index (χ2v) is 9.49. The maximum Gasteiger partial charge on any atom is 0.407 e. The number of amides is 2. The summed E-state index contributed by atoms with van der Waals surface area (Å²) in [5.41, 5.74) is 6.64. The molecule has 1 unspecified atom stereocenters. The van der Waals surface area contributed by atoms with E-state index in [1.807, 2.05) is 18.2 Å². The zero-order valence-electron chi connectivity index (χ0n) is 19.3. The van der Waals surface area contributed by atoms with Gasteiger partial charge in [0.05, 0.1) is 6.10 Å². The third-order valence-corrected chi connectivity index (χ3v) is 7.23. The lowest BCUT2D eigenvalue weighted by molar-refractivity contribution is 0.0493. The summed E-state index contributed by atoms with van der Waals surface area (Å²) in [7, 11) is 0. The van der Waals surface area contributed by atoms with Crippen molar-refractivity contribution in [2.45, 2.75) is 31.9 Å². The van der Waals surface area contributed by atoms with Crippen LogP contribution in [0.5, 0.6) is 0 Å². The Morgan fingerprint density at radius 3 is 2.50 bits per heavy atom. The summed E-state index contributed by atoms with van der Waals surface area (Å²) in [6.45, 7) is 4.15. The molecule has 3 heterocycles. The van der Waals surface area contributed by atoms with Crippen molar-refractivity contribution in [1.82, 2.24) is 14.7 Å². The second kappa shape index (κ2) is 9.60. The standard InChI is InChI=1S/C27H31N3O4/c31-24(17-28-11-7-19-3-1-2-4-23(19)16-28)18-30-14-10-22-15-21(5-6-25(22)26(30)32)20-8-12-29(13-9-20)27(33)34/h1-6,8,15,24,31H,7,9-14,16-18H2,(H,33,34). The second-order valence-electron chi connectivity index (χ2n) is 9.49. The first-order valence-corrected chi connectivity index (χ1v) is 12.0. The number of hydrogen-bond donors (Lipinski definition) is 2. The average Bonchev–Trinajstić information content (AvgIpc) is 2.85. The Hall–Kier alpha value is -3.16. The zero-order chi connectivity index (χ0) is 23.7. The number of aliphatic hydroxyl groups excluding tert-OH is 1. The van der Waals surface area contributed by atoms with Gasteiger partial charge in [-0.2, -0.15) is 0 Å². The third kappa shape index (κ3) is 4.72. The van der Waals surface area contributed by atoms with Gasteiger partial charge in [0.15, 0.2) is 0 Å². The van der Waals surface area contributed by atoms with E-state index in [1.165, 1.54) is 16.0 Å². The van der Waals surface area contributed by atoms with Crippen LogP contribution in [-0.4, -0.2) is 82.3 Å². The van der Waals surface area contributed by atoms with Gasteiger partial charge in [0.1, 0.15) is 0 Å². The van der Waals surface area contributed by atoms with Gasteiger partial charge in [-0.25, -0.2) is 4.79 Å². The normalized spacial score (nSPS) is 19.3. The lowest BCUT2D eigenvalue weighted by Gasteiger charge is -2.34. The molecule has 0 aromatic heterocycles. The molecule has 2 amide bonds. The van der Waals surface area contributed by atoms with E-state index >= 15 is 0 Å². The molecule has 0 saturated carbocycles. The minimum Gasteiger partial charge on any atom is -0.465 e. The zero-order valence-corrected chi connectivity index (χ0v) is 19.3. The Labute approximate surface area is 199 Å². The molecule has 2 N–H and O–H groups in total. The molecule has 0 bridgehead atoms. The molecule has 3 aliphatic heterocycles. The Kier molecular flexibility index (Phi) is 6.39. The monoisotopic (exact) mass is 461 g/mol. The summed E-state index contributed by atoms with van der Waals surface area (Å²) in [5.74, 6) is -0.0227. The highest BCUT2D eigenvalue weighted by atomic mass is 16.4. The van der Waals surface area contributed by atoms with Crippen LogP contribution in [0.4, 0.5) is 4.79 Å². The fourth-order valence-corrected chi connectivity index (χ4v) is 5.34. The highest BCUT2D eigenvalue weighted by Crippen LogP contribution is 2.28. The van der Waals surface area contributed by atoms with Crippen LogP contribution in [0, 0.1) is 0 Å². The van der Waals surface area contributed by atoms with Gasteiger partial charge in [-0.05, 0) is 53.2 Å². The highest BCUT2D eigenvalue weighted by Gasteiger charge is 2.28. The van der Waals surface area contributed by atoms with Crippen LogP contribution in [0.15, 0.2) is 48.5 Å². The van der Waals surface area contributed by atoms with Crippen LogP contribution >= 0.6 is 0 Å². The first-order chi connectivity index (χ1) is 16.5. The topological polar surface area (TPSA) is 84.3 Å². The summed E-state index contributed by atoms with van der Waals surface area (Å²) in [6.07, 6.45) is 2.92. The molecule has 0 saturated heterocycles. The number of β-amino-alcohol motifs (C(OH)–C–C–N with tert-alkyl or cyclic N) is 1. The molecular weight excluding hydrogens is 430 g/mol. The molecular formula is C27H31N3O4. The summed E-state index contributed by atoms with van der Waals surface area (Å²) < 4.78 is 0. The fourth-order valence-electron chi connectivity index (χ4n) is 5.34. The number of benzene rings is 2. The van der Waals surface area contributed by atoms with Crippen LogP contribution in [-0.2, 0) is 19.4 Å². The largest absolute Gasteiger partial charge is 0.465 e. The number of nitrogens with zero attached hydrogens (tertiary/aromatic N) is 3. The van der Waals surface area contributed by atoms with Crippen molar-refractivity contribution in [2.75, 3.05) is 39.3 Å². The Morgan fingerprint density at radius 2 is 1.74 bits per heavy atom. The maximum absolute atomic E-state index is 13.1. The van der Waals surface area contributed by atoms with Crippen molar-refractivity contribution in [1.29, 1.82) is 0 Å². The summed E-state index contributed by atoms with van der Waals surface area (Å²) >= 11 is 0. The lowest BCUT2D eigenvalue weighted by Crippen LogP contribution is -2.46. The van der Waals surface area contributed by atoms with Crippen molar-refractivity contribution in [3.8, 4) is 0 Å². The number of aliphatic hydroxyl groups is 1. The van der Waals surface area contributed by atoms with Crippen LogP contribution in [0.1, 0.15) is 39.0 Å². The molecule has 0 radical (unpaired) electrons. The Balaban J connectivity index is 1.19. The first-order valence-electron chi connectivity index (χ1n) is 12.0. The fraction of sp³-hybridized carbons (Fsp3) is 0.407. The molecule has 3 aliphatic rings. The quantitative estimate of drug-likeness (QED) is 0.715. The molecule has 2 aromatic carbocycles. The van der Waals surface area contributed by atoms with Gasteiger partial charge in [-0.1, -0.05) is 42.5 Å². The molecule has 0 fully saturated rings. The Bertz CT molecular complexity index is 1130. The number of carboxylic acid groups (broad SMARTS) is 1. The van der Waals surface area contributed by atoms with Gasteiger partial charge < -0.3 is 20.0 Å². The molecule has 178 valence electrons. The first kappa shape index (κ1) is 22.6. The van der Waals surface area contributed by atoms with Gasteiger partial charge in [-0.15, -0.1) is 0 Å². The van der Waals surface area contributed by atoms with E-state index in [4.69, 9.17) is 5.11 Å². The van der Waals surface area contributed by atoms with Crippen molar-refractivity contribution in [2.24, 2.45) is 0 Å². The molecule has 7 heteroatoms. The van der Waals surface area contributed by atoms with Gasteiger partial charge in [0, 0.05) is 51.4 Å². The molecule has 2 aromatic rings. The van der Waals surface area contributed by atoms with E-state index in [-0.39, 0.29) is 5.91 Å². The summed E-state index contributed by atoms with van der Waals surface area (Å²) in [4.78, 5) is 29.7. The smallest absolute Gasteiger partial charge is 0.407 e. The van der Waals surface area contributed by atoms with Crippen LogP contribution in [0.25, 0.3) is 5.57 Å². The van der Waals surface area contributed by atoms with Gasteiger partial charge in [-0.3, -0.25) is 9.69 Å². The van der Waals surface area contributed by atoms with Crippen LogP contribution in [0.3, 0.4) is 0 Å². The van der Waals surface area contributed by atoms with Crippen molar-refractivity contribution in [3.63, 3.8) is 0 Å². The SMILES string of the molecule is O=C(O)N1CC=C(c2ccc3c(c2)CCN(CC(O)CN2CCc4ccccc4C2)C3=O)CC1. The Morgan fingerprint density at radius 1 is 0.941 bits per heavy atom. The van der Waals surface area contributed by atoms with E-state index in [2.05, 4.69) is 35.2 Å². The van der Waals surface area contributed by atoms with E-state index in [1.54, 1.807) is 4.90 Å². The van der Waals surface area contributed by atoms with Crippen LogP contribution < -0.4 is 0 Å². The minimum atomic E-state index is -0.890. The third-order valence-electron chi connectivity index (χ3n) is 7.23. The van der Waals surface area contributed by atoms with E-state index in [0.717, 1.165) is 42.6 Å². The number of carbonyl (C=O) groups is 2. The summed E-state index contributed by atoms with van der Waals surface area (Å²) in [6, 6.07) is 14.4. The number of hydrogen-bond acceptors (Lipinski definition) is 4. The van der Waals surface area contributed by atoms with E-state index < -0.39 is 12.2 Å². The molecule has 0 spiro atoms. The molecule has 0 aliphatic carbocycles. The number of carbonyl (C=O) groups excluding carboxylic acids is 1. The van der Waals surface area contributed by atoms with Crippen molar-refractivity contribution in [3.05, 3.63) is 76.4 Å². The predicted octanol–water partition coefficient (Wildman–Crippen LogP) is 2.87. The highest BCUT2D eigenvalue weighted by molar-refractivity contribution is 5.97. The molecule has 1 atom stereocenters. The molecule has 7 nitrogen and oxygen atoms in total. The maximum atomic E-state index is 13.1. The van der Waals surface area contributed by atoms with Gasteiger partial charge in [0.2, 0.25) is 0 Å². The van der Waals surface area contributed by atoms with Gasteiger partial charge >= 0.3 is 6.09 Å². The molecule has 34 heavy (non-hydrogen) atoms. The van der Waals surface area contributed by atoms with E-state index in [9.17, 15) is 14.7 Å². The lowest BCUT2D eigenvalue weighted by atomic mass is 9.92. The van der Waals surface area contributed by atoms with Crippen molar-refractivity contribution >= 4 is 17.6 Å². The van der Waals surface area contributed by atoms with Crippen LogP contribution in [0.2, 0.25) is 0 Å². The average molecular weight is 462 g/mol. The van der Waals surface area contributed by atoms with Crippen molar-refractivity contribution < 1.29 is 19.8 Å². The predicted molar refractivity (Wildman–Crippen MR) is 130 cm³/mol. The number of fused-ring (bicyclic) bond motifs is 2. The number of rotatable bonds is 5. The van der Waals surface area contributed by atoms with E-state index in [0.29, 0.717) is 44.7 Å². The summed E-state index contributed by atoms with van der Waals surface area (Å²) in [5, 5.41) is 19.9. The minimum absolute atomic E-state index is 0.0227.